The highest BCUT2D eigenvalue weighted by molar-refractivity contribution is 6.33. The number of carbonyl (C=O) groups excluding carboxylic acids is 2. The van der Waals surface area contributed by atoms with E-state index in [4.69, 9.17) is 11.6 Å². The molecule has 20 heavy (non-hydrogen) atoms. The van der Waals surface area contributed by atoms with Crippen LogP contribution in [-0.4, -0.2) is 42.3 Å². The molecule has 0 saturated carbocycles. The van der Waals surface area contributed by atoms with Crippen molar-refractivity contribution in [3.8, 4) is 0 Å². The molecule has 0 aliphatic heterocycles. The van der Waals surface area contributed by atoms with Crippen molar-refractivity contribution in [3.05, 3.63) is 38.9 Å². The normalized spacial score (nSPS) is 9.95. The predicted octanol–water partition coefficient (Wildman–Crippen LogP) is 1.46. The number of hydrogen-bond donors (Lipinski definition) is 1. The largest absolute Gasteiger partial charge is 0.351 e. The predicted molar refractivity (Wildman–Crippen MR) is 73.8 cm³/mol. The Bertz CT molecular complexity index is 546. The van der Waals surface area contributed by atoms with Crippen molar-refractivity contribution in [2.24, 2.45) is 0 Å². The van der Waals surface area contributed by atoms with Crippen LogP contribution in [0.4, 0.5) is 5.69 Å². The Balaban J connectivity index is 2.76. The van der Waals surface area contributed by atoms with Crippen LogP contribution in [0, 0.1) is 10.1 Å². The minimum Gasteiger partial charge on any atom is -0.351 e. The average Bonchev–Trinajstić information content (AvgIpc) is 2.37. The molecule has 0 unspecified atom stereocenters. The summed E-state index contributed by atoms with van der Waals surface area (Å²) in [7, 11) is 3.21. The fourth-order valence-corrected chi connectivity index (χ4v) is 1.73. The van der Waals surface area contributed by atoms with Crippen LogP contribution in [0.2, 0.25) is 5.02 Å². The number of rotatable bonds is 5. The summed E-state index contributed by atoms with van der Waals surface area (Å²) in [5.74, 6) is -0.781. The second-order valence-corrected chi connectivity index (χ2v) is 4.59. The number of hydrogen-bond acceptors (Lipinski definition) is 4. The van der Waals surface area contributed by atoms with Crippen molar-refractivity contribution < 1.29 is 14.5 Å². The molecule has 0 aliphatic rings. The second-order valence-electron chi connectivity index (χ2n) is 4.19. The molecule has 1 aromatic rings. The van der Waals surface area contributed by atoms with Crippen LogP contribution in [0.5, 0.6) is 0 Å². The van der Waals surface area contributed by atoms with Gasteiger partial charge in [0.25, 0.3) is 5.91 Å². The highest BCUT2D eigenvalue weighted by Gasteiger charge is 2.23. The van der Waals surface area contributed by atoms with Crippen molar-refractivity contribution in [1.82, 2.24) is 10.2 Å². The third-order valence-electron chi connectivity index (χ3n) is 2.54. The van der Waals surface area contributed by atoms with Gasteiger partial charge in [-0.05, 0) is 12.1 Å². The summed E-state index contributed by atoms with van der Waals surface area (Å²) in [6, 6.07) is 4.11. The van der Waals surface area contributed by atoms with Crippen LogP contribution in [0.15, 0.2) is 18.2 Å². The van der Waals surface area contributed by atoms with Gasteiger partial charge in [-0.3, -0.25) is 19.7 Å². The maximum absolute atomic E-state index is 11.9. The van der Waals surface area contributed by atoms with Gasteiger partial charge in [0.05, 0.1) is 4.92 Å². The number of halogens is 1. The van der Waals surface area contributed by atoms with Gasteiger partial charge in [0.2, 0.25) is 5.91 Å². The van der Waals surface area contributed by atoms with E-state index in [2.05, 4.69) is 5.32 Å². The Morgan fingerprint density at radius 1 is 1.40 bits per heavy atom. The first kappa shape index (κ1) is 15.9. The molecule has 8 heteroatoms. The summed E-state index contributed by atoms with van der Waals surface area (Å²) < 4.78 is 0. The average molecular weight is 300 g/mol. The number of nitro groups is 1. The highest BCUT2D eigenvalue weighted by atomic mass is 35.5. The minimum absolute atomic E-state index is 0.0967. The zero-order chi connectivity index (χ0) is 15.3. The molecular formula is C12H14ClN3O4. The molecule has 1 rings (SSSR count). The zero-order valence-corrected chi connectivity index (χ0v) is 11.8. The summed E-state index contributed by atoms with van der Waals surface area (Å²) >= 11 is 5.71. The number of carbonyl (C=O) groups is 2. The van der Waals surface area contributed by atoms with E-state index in [-0.39, 0.29) is 29.5 Å². The molecule has 0 bridgehead atoms. The van der Waals surface area contributed by atoms with E-state index in [0.717, 1.165) is 0 Å². The molecule has 0 saturated heterocycles. The lowest BCUT2D eigenvalue weighted by atomic mass is 10.1. The van der Waals surface area contributed by atoms with Gasteiger partial charge < -0.3 is 10.2 Å². The van der Waals surface area contributed by atoms with Crippen molar-refractivity contribution in [1.29, 1.82) is 0 Å². The van der Waals surface area contributed by atoms with E-state index in [9.17, 15) is 19.7 Å². The van der Waals surface area contributed by atoms with Crippen LogP contribution < -0.4 is 5.32 Å². The lowest BCUT2D eigenvalue weighted by Crippen LogP contribution is -2.30. The van der Waals surface area contributed by atoms with Crippen LogP contribution in [0.25, 0.3) is 0 Å². The first-order chi connectivity index (χ1) is 9.34. The first-order valence-electron chi connectivity index (χ1n) is 5.76. The number of nitrogens with zero attached hydrogens (tertiary/aromatic N) is 2. The van der Waals surface area contributed by atoms with E-state index in [0.29, 0.717) is 0 Å². The topological polar surface area (TPSA) is 92.6 Å². The summed E-state index contributed by atoms with van der Waals surface area (Å²) in [6.45, 7) is 0.0967. The summed E-state index contributed by atoms with van der Waals surface area (Å²) in [5.41, 5.74) is -0.564. The molecule has 1 N–H and O–H groups in total. The van der Waals surface area contributed by atoms with Gasteiger partial charge in [-0.25, -0.2) is 0 Å². The van der Waals surface area contributed by atoms with Crippen LogP contribution in [-0.2, 0) is 4.79 Å². The molecular weight excluding hydrogens is 286 g/mol. The lowest BCUT2D eigenvalue weighted by Gasteiger charge is -2.10. The number of amides is 2. The molecule has 1 aromatic carbocycles. The Kier molecular flexibility index (Phi) is 5.45. The Hall–Kier alpha value is -2.15. The van der Waals surface area contributed by atoms with Gasteiger partial charge in [0, 0.05) is 27.1 Å². The van der Waals surface area contributed by atoms with Gasteiger partial charge in [-0.15, -0.1) is 0 Å². The fourth-order valence-electron chi connectivity index (χ4n) is 1.49. The zero-order valence-electron chi connectivity index (χ0n) is 11.1. The molecule has 2 amide bonds. The molecule has 0 atom stereocenters. The van der Waals surface area contributed by atoms with Crippen molar-refractivity contribution in [3.63, 3.8) is 0 Å². The number of nitro benzene ring substituents is 1. The number of nitrogens with one attached hydrogen (secondary N) is 1. The maximum atomic E-state index is 11.9. The maximum Gasteiger partial charge on any atom is 0.300 e. The van der Waals surface area contributed by atoms with E-state index in [1.807, 2.05) is 0 Å². The summed E-state index contributed by atoms with van der Waals surface area (Å²) in [4.78, 5) is 34.8. The Morgan fingerprint density at radius 2 is 2.05 bits per heavy atom. The third kappa shape index (κ3) is 3.92. The second kappa shape index (κ2) is 6.85. The van der Waals surface area contributed by atoms with Gasteiger partial charge in [0.15, 0.2) is 0 Å². The highest BCUT2D eigenvalue weighted by Crippen LogP contribution is 2.27. The van der Waals surface area contributed by atoms with Crippen molar-refractivity contribution >= 4 is 29.1 Å². The molecule has 0 spiro atoms. The van der Waals surface area contributed by atoms with E-state index >= 15 is 0 Å². The Morgan fingerprint density at radius 3 is 2.60 bits per heavy atom. The van der Waals surface area contributed by atoms with Crippen LogP contribution in [0.1, 0.15) is 16.8 Å². The van der Waals surface area contributed by atoms with E-state index in [1.54, 1.807) is 14.1 Å². The molecule has 0 aromatic heterocycles. The molecule has 0 radical (unpaired) electrons. The number of para-hydroxylation sites is 1. The lowest BCUT2D eigenvalue weighted by molar-refractivity contribution is -0.385. The quantitative estimate of drug-likeness (QED) is 0.658. The number of benzene rings is 1. The fraction of sp³-hybridized carbons (Fsp3) is 0.333. The minimum atomic E-state index is -0.706. The monoisotopic (exact) mass is 299 g/mol. The van der Waals surface area contributed by atoms with Gasteiger partial charge in [-0.1, -0.05) is 17.7 Å². The van der Waals surface area contributed by atoms with Crippen LogP contribution in [0.3, 0.4) is 0 Å². The van der Waals surface area contributed by atoms with Gasteiger partial charge in [-0.2, -0.15) is 0 Å². The third-order valence-corrected chi connectivity index (χ3v) is 2.84. The molecule has 0 aliphatic carbocycles. The van der Waals surface area contributed by atoms with Crippen LogP contribution >= 0.6 is 11.6 Å². The molecule has 7 nitrogen and oxygen atoms in total. The Labute approximate surface area is 120 Å². The first-order valence-corrected chi connectivity index (χ1v) is 6.13. The van der Waals surface area contributed by atoms with E-state index in [1.165, 1.54) is 23.1 Å². The van der Waals surface area contributed by atoms with Gasteiger partial charge >= 0.3 is 5.69 Å². The molecule has 0 heterocycles. The SMILES string of the molecule is CN(C)C(=O)CCNC(=O)c1cccc(Cl)c1[N+](=O)[O-]. The standard InChI is InChI=1S/C12H14ClN3O4/c1-15(2)10(17)6-7-14-12(18)8-4-3-5-9(13)11(8)16(19)20/h3-5H,6-7H2,1-2H3,(H,14,18). The smallest absolute Gasteiger partial charge is 0.300 e. The van der Waals surface area contributed by atoms with Crippen molar-refractivity contribution in [2.45, 2.75) is 6.42 Å². The van der Waals surface area contributed by atoms with Gasteiger partial charge in [0.1, 0.15) is 10.6 Å². The van der Waals surface area contributed by atoms with E-state index < -0.39 is 16.5 Å². The summed E-state index contributed by atoms with van der Waals surface area (Å²) in [6.07, 6.45) is 0.118. The van der Waals surface area contributed by atoms with Crippen molar-refractivity contribution in [2.75, 3.05) is 20.6 Å². The summed E-state index contributed by atoms with van der Waals surface area (Å²) in [5, 5.41) is 13.3. The molecule has 0 fully saturated rings. The molecule has 108 valence electrons.